The minimum atomic E-state index is -0.657. The van der Waals surface area contributed by atoms with E-state index in [1.807, 2.05) is 36.4 Å². The van der Waals surface area contributed by atoms with Gasteiger partial charge in [-0.05, 0) is 74.2 Å². The molecule has 0 aliphatic carbocycles. The number of nitrogens with zero attached hydrogens (tertiary/aromatic N) is 2. The average Bonchev–Trinajstić information content (AvgIpc) is 2.88. The molecule has 0 saturated carbocycles. The van der Waals surface area contributed by atoms with E-state index >= 15 is 0 Å². The summed E-state index contributed by atoms with van der Waals surface area (Å²) < 4.78 is 15.3. The van der Waals surface area contributed by atoms with Crippen molar-refractivity contribution in [2.24, 2.45) is 5.92 Å². The van der Waals surface area contributed by atoms with Gasteiger partial charge in [0.15, 0.2) is 12.9 Å². The average molecular weight is 481 g/mol. The van der Waals surface area contributed by atoms with Gasteiger partial charge < -0.3 is 19.1 Å². The summed E-state index contributed by atoms with van der Waals surface area (Å²) in [5, 5.41) is 10.2. The van der Waals surface area contributed by atoms with Crippen LogP contribution >= 0.6 is 0 Å². The molecule has 188 valence electrons. The van der Waals surface area contributed by atoms with Crippen molar-refractivity contribution in [1.82, 2.24) is 4.90 Å². The van der Waals surface area contributed by atoms with Crippen LogP contribution in [-0.2, 0) is 21.4 Å². The quantitative estimate of drug-likeness (QED) is 0.292. The molecular formula is C28H36N2O5. The first-order chi connectivity index (χ1) is 16.8. The molecule has 0 aliphatic rings. The summed E-state index contributed by atoms with van der Waals surface area (Å²) in [5.41, 5.74) is 1.89. The van der Waals surface area contributed by atoms with Gasteiger partial charge in [0.25, 0.3) is 0 Å². The molecule has 1 atom stereocenters. The number of ether oxygens (including phenoxy) is 3. The number of aldehydes is 1. The van der Waals surface area contributed by atoms with Crippen LogP contribution in [0.25, 0.3) is 0 Å². The van der Waals surface area contributed by atoms with E-state index in [-0.39, 0.29) is 12.5 Å². The molecule has 0 aromatic heterocycles. The molecular weight excluding hydrogens is 444 g/mol. The Morgan fingerprint density at radius 3 is 2.43 bits per heavy atom. The Hall–Kier alpha value is -3.37. The van der Waals surface area contributed by atoms with Gasteiger partial charge in [0.2, 0.25) is 0 Å². The molecule has 7 nitrogen and oxygen atoms in total. The normalized spacial score (nSPS) is 12.6. The molecule has 2 aromatic rings. The second kappa shape index (κ2) is 13.5. The standard InChI is InChI=1S/C28H36N2O5/c1-21(2)28(20-29,24-10-9-23(18-31)26(17-24)33-4)14-6-15-30(3)16-13-22-7-11-25(12-8-22)35-19-27(32)34-5/h7-12,17-18,21H,6,13-16,19H2,1-5H3. The summed E-state index contributed by atoms with van der Waals surface area (Å²) in [6.45, 7) is 5.76. The van der Waals surface area contributed by atoms with Crippen molar-refractivity contribution in [3.63, 3.8) is 0 Å². The van der Waals surface area contributed by atoms with Crippen molar-refractivity contribution in [2.45, 2.75) is 38.5 Å². The van der Waals surface area contributed by atoms with Crippen molar-refractivity contribution in [3.05, 3.63) is 59.2 Å². The molecule has 7 heteroatoms. The number of nitriles is 1. The van der Waals surface area contributed by atoms with Gasteiger partial charge >= 0.3 is 5.97 Å². The van der Waals surface area contributed by atoms with Gasteiger partial charge in [0.1, 0.15) is 11.5 Å². The number of carbonyl (C=O) groups is 2. The minimum Gasteiger partial charge on any atom is -0.496 e. The molecule has 35 heavy (non-hydrogen) atoms. The SMILES string of the molecule is COC(=O)COc1ccc(CCN(C)CCCC(C#N)(c2ccc(C=O)c(OC)c2)C(C)C)cc1. The van der Waals surface area contributed by atoms with E-state index in [4.69, 9.17) is 9.47 Å². The number of methoxy groups -OCH3 is 2. The monoisotopic (exact) mass is 480 g/mol. The Morgan fingerprint density at radius 2 is 1.86 bits per heavy atom. The predicted molar refractivity (Wildman–Crippen MR) is 135 cm³/mol. The Kier molecular flexibility index (Phi) is 10.8. The van der Waals surface area contributed by atoms with E-state index in [1.54, 1.807) is 6.07 Å². The van der Waals surface area contributed by atoms with E-state index in [0.717, 1.165) is 37.8 Å². The largest absolute Gasteiger partial charge is 0.496 e. The van der Waals surface area contributed by atoms with Crippen LogP contribution in [0.3, 0.4) is 0 Å². The van der Waals surface area contributed by atoms with Gasteiger partial charge in [-0.1, -0.05) is 32.0 Å². The summed E-state index contributed by atoms with van der Waals surface area (Å²) >= 11 is 0. The van der Waals surface area contributed by atoms with E-state index in [0.29, 0.717) is 23.5 Å². The lowest BCUT2D eigenvalue weighted by Gasteiger charge is -2.32. The third-order valence-corrected chi connectivity index (χ3v) is 6.46. The minimum absolute atomic E-state index is 0.101. The highest BCUT2D eigenvalue weighted by Gasteiger charge is 2.36. The molecule has 0 amide bonds. The molecule has 2 aromatic carbocycles. The highest BCUT2D eigenvalue weighted by Crippen LogP contribution is 2.38. The Morgan fingerprint density at radius 1 is 1.14 bits per heavy atom. The van der Waals surface area contributed by atoms with Crippen LogP contribution in [0.4, 0.5) is 0 Å². The molecule has 0 fully saturated rings. The lowest BCUT2D eigenvalue weighted by molar-refractivity contribution is -0.142. The molecule has 0 N–H and O–H groups in total. The Balaban J connectivity index is 1.93. The molecule has 0 saturated heterocycles. The third-order valence-electron chi connectivity index (χ3n) is 6.46. The van der Waals surface area contributed by atoms with Crippen LogP contribution in [-0.4, -0.2) is 58.1 Å². The smallest absolute Gasteiger partial charge is 0.343 e. The summed E-state index contributed by atoms with van der Waals surface area (Å²) in [5.74, 6) is 0.818. The van der Waals surface area contributed by atoms with Crippen LogP contribution in [0.5, 0.6) is 11.5 Å². The number of hydrogen-bond acceptors (Lipinski definition) is 7. The summed E-state index contributed by atoms with van der Waals surface area (Å²) in [7, 11) is 4.95. The number of likely N-dealkylation sites (N-methyl/N-ethyl adjacent to an activating group) is 1. The van der Waals surface area contributed by atoms with E-state index < -0.39 is 11.4 Å². The molecule has 2 rings (SSSR count). The molecule has 1 unspecified atom stereocenters. The fourth-order valence-corrected chi connectivity index (χ4v) is 4.11. The second-order valence-corrected chi connectivity index (χ2v) is 8.98. The van der Waals surface area contributed by atoms with Crippen LogP contribution in [0.1, 0.15) is 48.2 Å². The molecule has 0 aliphatic heterocycles. The number of rotatable bonds is 14. The third kappa shape index (κ3) is 7.56. The first-order valence-electron chi connectivity index (χ1n) is 11.8. The van der Waals surface area contributed by atoms with Crippen molar-refractivity contribution < 1.29 is 23.8 Å². The van der Waals surface area contributed by atoms with E-state index in [9.17, 15) is 14.9 Å². The van der Waals surface area contributed by atoms with E-state index in [1.165, 1.54) is 19.8 Å². The second-order valence-electron chi connectivity index (χ2n) is 8.98. The maximum atomic E-state index is 11.3. The lowest BCUT2D eigenvalue weighted by atomic mass is 9.69. The van der Waals surface area contributed by atoms with Gasteiger partial charge in [-0.2, -0.15) is 5.26 Å². The van der Waals surface area contributed by atoms with Gasteiger partial charge in [-0.25, -0.2) is 4.79 Å². The van der Waals surface area contributed by atoms with Crippen LogP contribution < -0.4 is 9.47 Å². The van der Waals surface area contributed by atoms with Crippen molar-refractivity contribution >= 4 is 12.3 Å². The van der Waals surface area contributed by atoms with Crippen LogP contribution in [0.15, 0.2) is 42.5 Å². The zero-order chi connectivity index (χ0) is 25.8. The maximum absolute atomic E-state index is 11.3. The number of carbonyl (C=O) groups excluding carboxylic acids is 2. The van der Waals surface area contributed by atoms with Crippen molar-refractivity contribution in [1.29, 1.82) is 5.26 Å². The number of benzene rings is 2. The van der Waals surface area contributed by atoms with Crippen LogP contribution in [0.2, 0.25) is 0 Å². The lowest BCUT2D eigenvalue weighted by Crippen LogP contribution is -2.32. The fraction of sp³-hybridized carbons (Fsp3) is 0.464. The topological polar surface area (TPSA) is 88.9 Å². The maximum Gasteiger partial charge on any atom is 0.343 e. The molecule has 0 radical (unpaired) electrons. The number of esters is 1. The fourth-order valence-electron chi connectivity index (χ4n) is 4.11. The highest BCUT2D eigenvalue weighted by molar-refractivity contribution is 5.79. The Bertz CT molecular complexity index is 1010. The molecule has 0 bridgehead atoms. The predicted octanol–water partition coefficient (Wildman–Crippen LogP) is 4.43. The zero-order valence-corrected chi connectivity index (χ0v) is 21.4. The first-order valence-corrected chi connectivity index (χ1v) is 11.8. The molecule has 0 spiro atoms. The van der Waals surface area contributed by atoms with Crippen molar-refractivity contribution in [2.75, 3.05) is 41.0 Å². The summed E-state index contributed by atoms with van der Waals surface area (Å²) in [4.78, 5) is 24.7. The van der Waals surface area contributed by atoms with E-state index in [2.05, 4.69) is 36.6 Å². The zero-order valence-electron chi connectivity index (χ0n) is 21.4. The number of hydrogen-bond donors (Lipinski definition) is 0. The highest BCUT2D eigenvalue weighted by atomic mass is 16.6. The first kappa shape index (κ1) is 27.9. The summed E-state index contributed by atoms with van der Waals surface area (Å²) in [6.07, 6.45) is 3.22. The van der Waals surface area contributed by atoms with Gasteiger partial charge in [-0.15, -0.1) is 0 Å². The van der Waals surface area contributed by atoms with Crippen molar-refractivity contribution in [3.8, 4) is 17.6 Å². The van der Waals surface area contributed by atoms with Gasteiger partial charge in [-0.3, -0.25) is 4.79 Å². The summed E-state index contributed by atoms with van der Waals surface area (Å²) in [6, 6.07) is 15.7. The van der Waals surface area contributed by atoms with Gasteiger partial charge in [0.05, 0.1) is 31.3 Å². The Labute approximate surface area is 208 Å². The molecule has 0 heterocycles. The van der Waals surface area contributed by atoms with Gasteiger partial charge in [0, 0.05) is 6.54 Å². The van der Waals surface area contributed by atoms with Crippen LogP contribution in [0, 0.1) is 17.2 Å².